The minimum absolute atomic E-state index is 0.118. The van der Waals surface area contributed by atoms with Gasteiger partial charge in [0.05, 0.1) is 23.0 Å². The van der Waals surface area contributed by atoms with Gasteiger partial charge in [0, 0.05) is 6.07 Å². The van der Waals surface area contributed by atoms with Gasteiger partial charge in [0.15, 0.2) is 12.4 Å². The average Bonchev–Trinajstić information content (AvgIpc) is 3.14. The lowest BCUT2D eigenvalue weighted by Crippen LogP contribution is -2.43. The third-order valence-electron chi connectivity index (χ3n) is 5.84. The van der Waals surface area contributed by atoms with Gasteiger partial charge in [0.25, 0.3) is 5.91 Å². The van der Waals surface area contributed by atoms with Gasteiger partial charge in [0.1, 0.15) is 17.1 Å². The summed E-state index contributed by atoms with van der Waals surface area (Å²) in [5.41, 5.74) is 1.84. The summed E-state index contributed by atoms with van der Waals surface area (Å²) in [5.74, 6) is 1.22. The van der Waals surface area contributed by atoms with Crippen LogP contribution in [0.3, 0.4) is 0 Å². The molecule has 0 atom stereocenters. The van der Waals surface area contributed by atoms with E-state index in [1.807, 2.05) is 24.3 Å². The van der Waals surface area contributed by atoms with Crippen molar-refractivity contribution in [3.63, 3.8) is 0 Å². The molecule has 7 nitrogen and oxygen atoms in total. The Morgan fingerprint density at radius 1 is 1.17 bits per heavy atom. The number of hydrogen-bond donors (Lipinski definition) is 2. The number of anilines is 1. The van der Waals surface area contributed by atoms with Gasteiger partial charge in [-0.15, -0.1) is 0 Å². The molecule has 7 heteroatoms. The summed E-state index contributed by atoms with van der Waals surface area (Å²) in [5, 5.41) is 2.70. The number of rotatable bonds is 4. The Balaban J connectivity index is 1.25. The fourth-order valence-corrected chi connectivity index (χ4v) is 4.37. The van der Waals surface area contributed by atoms with E-state index >= 15 is 0 Å². The first-order valence-electron chi connectivity index (χ1n) is 10.3. The number of Topliss-reactive ketones (excluding diaryl/α,β-unsaturated/α-hetero) is 1. The van der Waals surface area contributed by atoms with E-state index in [0.29, 0.717) is 29.4 Å². The normalized spacial score (nSPS) is 17.4. The molecule has 2 heterocycles. The van der Waals surface area contributed by atoms with Crippen LogP contribution in [0.1, 0.15) is 48.9 Å². The van der Waals surface area contributed by atoms with Crippen molar-refractivity contribution in [3.05, 3.63) is 48.0 Å². The molecule has 1 aliphatic heterocycles. The lowest BCUT2D eigenvalue weighted by atomic mass is 9.78. The smallest absolute Gasteiger partial charge is 0.264 e. The number of ketones is 1. The zero-order chi connectivity index (χ0) is 20.6. The number of carbonyl (C=O) groups is 2. The number of hydrogen-bond acceptors (Lipinski definition) is 5. The average molecular weight is 405 g/mol. The second-order valence-corrected chi connectivity index (χ2v) is 8.04. The molecule has 1 aliphatic carbocycles. The predicted molar refractivity (Wildman–Crippen MR) is 112 cm³/mol. The molecular weight excluding hydrogens is 382 g/mol. The Hall–Kier alpha value is -3.35. The molecule has 30 heavy (non-hydrogen) atoms. The first-order chi connectivity index (χ1) is 14.6. The van der Waals surface area contributed by atoms with Gasteiger partial charge < -0.3 is 14.5 Å². The number of aromatic nitrogens is 2. The van der Waals surface area contributed by atoms with Crippen molar-refractivity contribution in [2.45, 2.75) is 44.1 Å². The monoisotopic (exact) mass is 405 g/mol. The maximum Gasteiger partial charge on any atom is 0.264 e. The fraction of sp³-hybridized carbons (Fsp3) is 0.348. The molecule has 1 spiro atoms. The van der Waals surface area contributed by atoms with E-state index in [1.165, 1.54) is 6.42 Å². The molecule has 0 saturated heterocycles. The van der Waals surface area contributed by atoms with E-state index in [0.717, 1.165) is 36.7 Å². The van der Waals surface area contributed by atoms with E-state index in [4.69, 9.17) is 9.47 Å². The molecule has 1 fully saturated rings. The summed E-state index contributed by atoms with van der Waals surface area (Å²) in [7, 11) is 0. The van der Waals surface area contributed by atoms with Gasteiger partial charge in [-0.1, -0.05) is 18.6 Å². The molecular formula is C23H23N3O4. The number of nitrogens with zero attached hydrogens (tertiary/aromatic N) is 1. The molecule has 2 aromatic carbocycles. The number of amides is 1. The van der Waals surface area contributed by atoms with Crippen LogP contribution in [-0.4, -0.2) is 33.9 Å². The van der Waals surface area contributed by atoms with Crippen LogP contribution in [0.15, 0.2) is 42.5 Å². The second kappa shape index (κ2) is 7.48. The van der Waals surface area contributed by atoms with E-state index in [-0.39, 0.29) is 23.9 Å². The predicted octanol–water partition coefficient (Wildman–Crippen LogP) is 4.25. The minimum atomic E-state index is -0.375. The SMILES string of the molecule is O=C(COc1ccc2c(c1)OC1(CCCCC1)CC2=O)Nc1nc2ccccc2[nH]1. The largest absolute Gasteiger partial charge is 0.486 e. The van der Waals surface area contributed by atoms with Crippen LogP contribution in [0.5, 0.6) is 11.5 Å². The lowest BCUT2D eigenvalue weighted by Gasteiger charge is -2.40. The fourth-order valence-electron chi connectivity index (χ4n) is 4.37. The molecule has 0 radical (unpaired) electrons. The van der Waals surface area contributed by atoms with Crippen molar-refractivity contribution in [2.24, 2.45) is 0 Å². The molecule has 154 valence electrons. The Morgan fingerprint density at radius 3 is 2.83 bits per heavy atom. The van der Waals surface area contributed by atoms with Gasteiger partial charge in [-0.25, -0.2) is 4.98 Å². The first kappa shape index (κ1) is 18.7. The van der Waals surface area contributed by atoms with Crippen LogP contribution in [-0.2, 0) is 4.79 Å². The standard InChI is InChI=1S/C23H23N3O4/c27-19-13-23(10-4-1-5-11-23)30-20-12-15(8-9-16(19)20)29-14-21(28)26-22-24-17-6-2-3-7-18(17)25-22/h2-3,6-9,12H,1,4-5,10-11,13-14H2,(H2,24,25,26,28). The van der Waals surface area contributed by atoms with Gasteiger partial charge in [-0.3, -0.25) is 14.9 Å². The number of H-pyrrole nitrogens is 1. The van der Waals surface area contributed by atoms with Crippen molar-refractivity contribution in [1.29, 1.82) is 0 Å². The molecule has 5 rings (SSSR count). The summed E-state index contributed by atoms with van der Waals surface area (Å²) in [4.78, 5) is 32.3. The number of fused-ring (bicyclic) bond motifs is 2. The summed E-state index contributed by atoms with van der Waals surface area (Å²) in [6.07, 6.45) is 5.61. The number of benzene rings is 2. The Kier molecular flexibility index (Phi) is 4.65. The lowest BCUT2D eigenvalue weighted by molar-refractivity contribution is -0.118. The third-order valence-corrected chi connectivity index (χ3v) is 5.84. The quantitative estimate of drug-likeness (QED) is 0.677. The van der Waals surface area contributed by atoms with Gasteiger partial charge in [0.2, 0.25) is 5.95 Å². The number of para-hydroxylation sites is 2. The van der Waals surface area contributed by atoms with Crippen LogP contribution < -0.4 is 14.8 Å². The second-order valence-electron chi connectivity index (χ2n) is 8.04. The molecule has 0 bridgehead atoms. The maximum atomic E-state index is 12.6. The van der Waals surface area contributed by atoms with Gasteiger partial charge >= 0.3 is 0 Å². The molecule has 2 N–H and O–H groups in total. The van der Waals surface area contributed by atoms with Crippen molar-refractivity contribution < 1.29 is 19.1 Å². The molecule has 2 aliphatic rings. The highest BCUT2D eigenvalue weighted by molar-refractivity contribution is 6.00. The van der Waals surface area contributed by atoms with Crippen molar-refractivity contribution >= 4 is 28.7 Å². The number of aromatic amines is 1. The molecule has 0 unspecified atom stereocenters. The summed E-state index contributed by atoms with van der Waals surface area (Å²) in [6.45, 7) is -0.172. The van der Waals surface area contributed by atoms with Crippen LogP contribution in [0.25, 0.3) is 11.0 Å². The van der Waals surface area contributed by atoms with E-state index in [1.54, 1.807) is 18.2 Å². The highest BCUT2D eigenvalue weighted by Crippen LogP contribution is 2.42. The van der Waals surface area contributed by atoms with Crippen molar-refractivity contribution in [1.82, 2.24) is 9.97 Å². The van der Waals surface area contributed by atoms with Crippen LogP contribution in [0.4, 0.5) is 5.95 Å². The van der Waals surface area contributed by atoms with Gasteiger partial charge in [-0.05, 0) is 49.9 Å². The summed E-state index contributed by atoms with van der Waals surface area (Å²) in [6, 6.07) is 12.7. The zero-order valence-electron chi connectivity index (χ0n) is 16.6. The van der Waals surface area contributed by atoms with Crippen molar-refractivity contribution in [3.8, 4) is 11.5 Å². The number of carbonyl (C=O) groups excluding carboxylic acids is 2. The van der Waals surface area contributed by atoms with E-state index in [2.05, 4.69) is 15.3 Å². The van der Waals surface area contributed by atoms with Gasteiger partial charge in [-0.2, -0.15) is 0 Å². The van der Waals surface area contributed by atoms with Crippen LogP contribution >= 0.6 is 0 Å². The van der Waals surface area contributed by atoms with E-state index in [9.17, 15) is 9.59 Å². The topological polar surface area (TPSA) is 93.3 Å². The Labute approximate surface area is 173 Å². The number of ether oxygens (including phenoxy) is 2. The molecule has 1 aromatic heterocycles. The number of nitrogens with one attached hydrogen (secondary N) is 2. The summed E-state index contributed by atoms with van der Waals surface area (Å²) >= 11 is 0. The zero-order valence-corrected chi connectivity index (χ0v) is 16.6. The van der Waals surface area contributed by atoms with Crippen molar-refractivity contribution in [2.75, 3.05) is 11.9 Å². The first-order valence-corrected chi connectivity index (χ1v) is 10.3. The third kappa shape index (κ3) is 3.63. The maximum absolute atomic E-state index is 12.6. The van der Waals surface area contributed by atoms with Crippen LogP contribution in [0.2, 0.25) is 0 Å². The minimum Gasteiger partial charge on any atom is -0.486 e. The molecule has 3 aromatic rings. The highest BCUT2D eigenvalue weighted by Gasteiger charge is 2.41. The molecule has 1 saturated carbocycles. The Bertz CT molecular complexity index is 1080. The Morgan fingerprint density at radius 2 is 2.00 bits per heavy atom. The molecule has 1 amide bonds. The highest BCUT2D eigenvalue weighted by atomic mass is 16.5. The van der Waals surface area contributed by atoms with Crippen LogP contribution in [0, 0.1) is 0 Å². The van der Waals surface area contributed by atoms with E-state index < -0.39 is 0 Å². The number of imidazole rings is 1. The summed E-state index contributed by atoms with van der Waals surface area (Å²) < 4.78 is 11.9.